The highest BCUT2D eigenvalue weighted by atomic mass is 19.4. The fourth-order valence-corrected chi connectivity index (χ4v) is 3.14. The van der Waals surface area contributed by atoms with E-state index in [0.29, 0.717) is 29.8 Å². The number of nitrogens with zero attached hydrogens (tertiary/aromatic N) is 2. The van der Waals surface area contributed by atoms with Crippen LogP contribution in [0.4, 0.5) is 18.0 Å². The Balaban J connectivity index is 2.13. The van der Waals surface area contributed by atoms with Gasteiger partial charge in [0.1, 0.15) is 5.75 Å². The maximum Gasteiger partial charge on any atom is 0.428 e. The van der Waals surface area contributed by atoms with Gasteiger partial charge in [-0.05, 0) is 62.4 Å². The summed E-state index contributed by atoms with van der Waals surface area (Å²) in [5, 5.41) is 2.72. The Morgan fingerprint density at radius 2 is 1.64 bits per heavy atom. The highest BCUT2D eigenvalue weighted by Gasteiger charge is 2.31. The lowest BCUT2D eigenvalue weighted by Gasteiger charge is -2.37. The third kappa shape index (κ3) is 5.77. The van der Waals surface area contributed by atoms with Gasteiger partial charge in [-0.15, -0.1) is 0 Å². The van der Waals surface area contributed by atoms with Gasteiger partial charge in [0, 0.05) is 13.1 Å². The van der Waals surface area contributed by atoms with Crippen LogP contribution >= 0.6 is 0 Å². The van der Waals surface area contributed by atoms with E-state index in [1.165, 1.54) is 22.2 Å². The lowest BCUT2D eigenvalue weighted by molar-refractivity contribution is -0.153. The van der Waals surface area contributed by atoms with Gasteiger partial charge in [0.05, 0.1) is 13.0 Å². The van der Waals surface area contributed by atoms with E-state index in [1.54, 1.807) is 20.8 Å². The van der Waals surface area contributed by atoms with E-state index < -0.39 is 18.9 Å². The molecule has 28 heavy (non-hydrogen) atoms. The standard InChI is InChI=1S/C19H25F3N2O4/c1-4-27-18(26)24-8-6-5-7-23(24)17(25)11-16-13(2)9-15(10-14(16)3)28-12-19(20,21)22/h9-10H,4-8,11-12H2,1-3H3. The molecule has 0 aliphatic carbocycles. The maximum atomic E-state index is 12.8. The van der Waals surface area contributed by atoms with Gasteiger partial charge in [-0.1, -0.05) is 0 Å². The number of hydrogen-bond donors (Lipinski definition) is 0. The molecule has 6 nitrogen and oxygen atoms in total. The summed E-state index contributed by atoms with van der Waals surface area (Å²) in [6, 6.07) is 2.97. The van der Waals surface area contributed by atoms with Crippen molar-refractivity contribution in [1.82, 2.24) is 10.0 Å². The average Bonchev–Trinajstić information content (AvgIpc) is 2.62. The first-order chi connectivity index (χ1) is 13.1. The molecule has 1 saturated heterocycles. The van der Waals surface area contributed by atoms with E-state index in [9.17, 15) is 22.8 Å². The first-order valence-electron chi connectivity index (χ1n) is 9.16. The van der Waals surface area contributed by atoms with E-state index >= 15 is 0 Å². The Morgan fingerprint density at radius 1 is 1.07 bits per heavy atom. The quantitative estimate of drug-likeness (QED) is 0.752. The number of hydrazine groups is 1. The second-order valence-corrected chi connectivity index (χ2v) is 6.66. The average molecular weight is 402 g/mol. The molecule has 1 aliphatic heterocycles. The highest BCUT2D eigenvalue weighted by molar-refractivity contribution is 5.82. The molecule has 1 aromatic rings. The number of carbonyl (C=O) groups is 2. The van der Waals surface area contributed by atoms with Crippen molar-refractivity contribution in [3.63, 3.8) is 0 Å². The normalized spacial score (nSPS) is 14.8. The summed E-state index contributed by atoms with van der Waals surface area (Å²) in [5.74, 6) is -0.155. The summed E-state index contributed by atoms with van der Waals surface area (Å²) in [6.07, 6.45) is -3.37. The van der Waals surface area contributed by atoms with Crippen molar-refractivity contribution in [2.45, 2.75) is 46.2 Å². The second kappa shape index (κ2) is 9.16. The smallest absolute Gasteiger partial charge is 0.428 e. The van der Waals surface area contributed by atoms with Crippen LogP contribution in [-0.2, 0) is 16.0 Å². The van der Waals surface area contributed by atoms with Gasteiger partial charge in [-0.2, -0.15) is 13.2 Å². The fourth-order valence-electron chi connectivity index (χ4n) is 3.14. The molecule has 0 aromatic heterocycles. The van der Waals surface area contributed by atoms with Crippen molar-refractivity contribution >= 4 is 12.0 Å². The van der Waals surface area contributed by atoms with Crippen LogP contribution in [0.2, 0.25) is 0 Å². The van der Waals surface area contributed by atoms with Gasteiger partial charge < -0.3 is 9.47 Å². The minimum atomic E-state index is -4.42. The van der Waals surface area contributed by atoms with Crippen molar-refractivity contribution in [1.29, 1.82) is 0 Å². The fraction of sp³-hybridized carbons (Fsp3) is 0.579. The third-order valence-electron chi connectivity index (χ3n) is 4.45. The van der Waals surface area contributed by atoms with Crippen LogP contribution in [-0.4, -0.2) is 54.5 Å². The molecule has 156 valence electrons. The van der Waals surface area contributed by atoms with Crippen LogP contribution < -0.4 is 4.74 Å². The molecule has 9 heteroatoms. The number of benzene rings is 1. The lowest BCUT2D eigenvalue weighted by atomic mass is 9.99. The largest absolute Gasteiger partial charge is 0.484 e. The van der Waals surface area contributed by atoms with Gasteiger partial charge in [-0.3, -0.25) is 4.79 Å². The molecule has 1 heterocycles. The molecule has 1 aromatic carbocycles. The number of halogens is 3. The molecule has 0 spiro atoms. The Hall–Kier alpha value is -2.45. The van der Waals surface area contributed by atoms with Crippen molar-refractivity contribution in [3.05, 3.63) is 28.8 Å². The molecular formula is C19H25F3N2O4. The summed E-state index contributed by atoms with van der Waals surface area (Å²) in [5.41, 5.74) is 2.02. The van der Waals surface area contributed by atoms with Gasteiger partial charge >= 0.3 is 12.3 Å². The third-order valence-corrected chi connectivity index (χ3v) is 4.45. The number of hydrogen-bond acceptors (Lipinski definition) is 4. The van der Waals surface area contributed by atoms with Gasteiger partial charge in [-0.25, -0.2) is 14.8 Å². The number of aryl methyl sites for hydroxylation is 2. The minimum Gasteiger partial charge on any atom is -0.484 e. The Labute approximate surface area is 162 Å². The molecule has 1 aliphatic rings. The van der Waals surface area contributed by atoms with Crippen LogP contribution in [0.25, 0.3) is 0 Å². The molecule has 0 bridgehead atoms. The summed E-state index contributed by atoms with van der Waals surface area (Å²) in [4.78, 5) is 24.9. The highest BCUT2D eigenvalue weighted by Crippen LogP contribution is 2.25. The Morgan fingerprint density at radius 3 is 2.18 bits per heavy atom. The van der Waals surface area contributed by atoms with Crippen LogP contribution in [0.1, 0.15) is 36.5 Å². The first-order valence-corrected chi connectivity index (χ1v) is 9.16. The second-order valence-electron chi connectivity index (χ2n) is 6.66. The molecule has 2 rings (SSSR count). The van der Waals surface area contributed by atoms with E-state index in [1.807, 2.05) is 0 Å². The van der Waals surface area contributed by atoms with Crippen LogP contribution in [0.15, 0.2) is 12.1 Å². The maximum absolute atomic E-state index is 12.8. The summed E-state index contributed by atoms with van der Waals surface area (Å²) in [6.45, 7) is 4.81. The van der Waals surface area contributed by atoms with Crippen LogP contribution in [0.5, 0.6) is 5.75 Å². The van der Waals surface area contributed by atoms with Gasteiger partial charge in [0.15, 0.2) is 6.61 Å². The van der Waals surface area contributed by atoms with E-state index in [2.05, 4.69) is 0 Å². The molecule has 1 fully saturated rings. The van der Waals surface area contributed by atoms with Crippen LogP contribution in [0.3, 0.4) is 0 Å². The van der Waals surface area contributed by atoms with E-state index in [0.717, 1.165) is 12.8 Å². The summed E-state index contributed by atoms with van der Waals surface area (Å²) < 4.78 is 46.8. The molecular weight excluding hydrogens is 377 g/mol. The minimum absolute atomic E-state index is 0.0348. The Kier molecular flexibility index (Phi) is 7.15. The van der Waals surface area contributed by atoms with Crippen LogP contribution in [0, 0.1) is 13.8 Å². The topological polar surface area (TPSA) is 59.1 Å². The predicted molar refractivity (Wildman–Crippen MR) is 95.8 cm³/mol. The van der Waals surface area contributed by atoms with Crippen molar-refractivity contribution in [3.8, 4) is 5.75 Å². The summed E-state index contributed by atoms with van der Waals surface area (Å²) in [7, 11) is 0. The molecule has 0 unspecified atom stereocenters. The zero-order valence-corrected chi connectivity index (χ0v) is 16.3. The zero-order chi connectivity index (χ0) is 20.9. The SMILES string of the molecule is CCOC(=O)N1CCCCN1C(=O)Cc1c(C)cc(OCC(F)(F)F)cc1C. The lowest BCUT2D eigenvalue weighted by Crippen LogP contribution is -2.53. The van der Waals surface area contributed by atoms with Crippen molar-refractivity contribution in [2.75, 3.05) is 26.3 Å². The predicted octanol–water partition coefficient (Wildman–Crippen LogP) is 3.78. The monoisotopic (exact) mass is 402 g/mol. The molecule has 0 radical (unpaired) electrons. The van der Waals surface area contributed by atoms with Crippen molar-refractivity contribution in [2.24, 2.45) is 0 Å². The van der Waals surface area contributed by atoms with Gasteiger partial charge in [0.2, 0.25) is 5.91 Å². The van der Waals surface area contributed by atoms with Crippen molar-refractivity contribution < 1.29 is 32.2 Å². The molecule has 2 amide bonds. The Bertz CT molecular complexity index is 699. The molecule has 0 N–H and O–H groups in total. The number of ether oxygens (including phenoxy) is 2. The molecule has 0 atom stereocenters. The van der Waals surface area contributed by atoms with Gasteiger partial charge in [0.25, 0.3) is 0 Å². The molecule has 0 saturated carbocycles. The number of amides is 2. The zero-order valence-electron chi connectivity index (χ0n) is 16.3. The summed E-state index contributed by atoms with van der Waals surface area (Å²) >= 11 is 0. The first kappa shape index (κ1) is 21.8. The van der Waals surface area contributed by atoms with E-state index in [-0.39, 0.29) is 24.7 Å². The number of rotatable bonds is 5. The number of alkyl halides is 3. The number of carbonyl (C=O) groups excluding carboxylic acids is 2. The van der Waals surface area contributed by atoms with E-state index in [4.69, 9.17) is 9.47 Å².